The average molecular weight is 361 g/mol. The zero-order chi connectivity index (χ0) is 16.9. The molecule has 124 valence electrons. The van der Waals surface area contributed by atoms with Crippen molar-refractivity contribution in [3.63, 3.8) is 0 Å². The molecule has 6 heteroatoms. The van der Waals surface area contributed by atoms with Crippen molar-refractivity contribution >= 4 is 40.1 Å². The summed E-state index contributed by atoms with van der Waals surface area (Å²) in [5, 5.41) is 1.33. The minimum atomic E-state index is -0.165. The third kappa shape index (κ3) is 4.10. The lowest BCUT2D eigenvalue weighted by Crippen LogP contribution is -2.38. The molecule has 0 aliphatic carbocycles. The molecule has 1 aliphatic rings. The number of benzene rings is 2. The highest BCUT2D eigenvalue weighted by Crippen LogP contribution is 2.27. The van der Waals surface area contributed by atoms with Crippen molar-refractivity contribution in [3.05, 3.63) is 59.6 Å². The smallest absolute Gasteiger partial charge is 0.271 e. The number of para-hydroxylation sites is 1. The van der Waals surface area contributed by atoms with Crippen molar-refractivity contribution in [3.8, 4) is 5.75 Å². The molecule has 0 saturated carbocycles. The number of carbonyl (C=O) groups is 1. The van der Waals surface area contributed by atoms with E-state index in [0.29, 0.717) is 15.9 Å². The Kier molecular flexibility index (Phi) is 5.43. The second-order valence-electron chi connectivity index (χ2n) is 5.38. The molecule has 0 fully saturated rings. The molecule has 24 heavy (non-hydrogen) atoms. The van der Waals surface area contributed by atoms with Gasteiger partial charge < -0.3 is 4.74 Å². The second kappa shape index (κ2) is 7.73. The van der Waals surface area contributed by atoms with Crippen molar-refractivity contribution in [1.29, 1.82) is 0 Å². The molecule has 2 aromatic rings. The summed E-state index contributed by atoms with van der Waals surface area (Å²) in [7, 11) is 0. The van der Waals surface area contributed by atoms with Crippen LogP contribution in [0, 0.1) is 0 Å². The van der Waals surface area contributed by atoms with E-state index in [9.17, 15) is 4.79 Å². The fourth-order valence-electron chi connectivity index (χ4n) is 2.26. The maximum absolute atomic E-state index is 12.8. The van der Waals surface area contributed by atoms with Crippen LogP contribution in [-0.4, -0.2) is 29.5 Å². The quantitative estimate of drug-likeness (QED) is 0.818. The Morgan fingerprint density at radius 2 is 1.96 bits per heavy atom. The first-order valence-corrected chi connectivity index (χ1v) is 8.97. The van der Waals surface area contributed by atoms with E-state index in [2.05, 4.69) is 4.99 Å². The van der Waals surface area contributed by atoms with Crippen LogP contribution in [0.15, 0.2) is 59.6 Å². The summed E-state index contributed by atoms with van der Waals surface area (Å²) in [6.45, 7) is 1.98. The van der Waals surface area contributed by atoms with E-state index in [0.717, 1.165) is 11.4 Å². The zero-order valence-electron chi connectivity index (χ0n) is 13.2. The molecular weight excluding hydrogens is 344 g/mol. The Bertz CT molecular complexity index is 734. The van der Waals surface area contributed by atoms with Crippen LogP contribution in [0.2, 0.25) is 5.02 Å². The van der Waals surface area contributed by atoms with Crippen LogP contribution < -0.4 is 9.64 Å². The third-order valence-electron chi connectivity index (χ3n) is 3.42. The molecule has 1 aliphatic heterocycles. The summed E-state index contributed by atoms with van der Waals surface area (Å²) in [5.74, 6) is 1.37. The number of hydrogen-bond donors (Lipinski definition) is 0. The lowest BCUT2D eigenvalue weighted by Gasteiger charge is -2.22. The summed E-state index contributed by atoms with van der Waals surface area (Å²) in [6, 6.07) is 16.6. The molecule has 0 unspecified atom stereocenters. The van der Waals surface area contributed by atoms with Gasteiger partial charge in [0.2, 0.25) is 0 Å². The van der Waals surface area contributed by atoms with Gasteiger partial charge in [0.15, 0.2) is 11.8 Å². The Morgan fingerprint density at radius 1 is 1.25 bits per heavy atom. The lowest BCUT2D eigenvalue weighted by molar-refractivity contribution is -0.119. The predicted octanol–water partition coefficient (Wildman–Crippen LogP) is 4.24. The van der Waals surface area contributed by atoms with Gasteiger partial charge in [-0.2, -0.15) is 0 Å². The standard InChI is InChI=1S/C18H17ClN2O2S/c1-13-12-24-18(20-13)21(15-9-7-14(19)8-10-15)17(22)11-23-16-5-3-2-4-6-16/h2-10,13H,11-12H2,1H3/t13-/m1/s1. The van der Waals surface area contributed by atoms with Crippen LogP contribution in [0.25, 0.3) is 0 Å². The van der Waals surface area contributed by atoms with Gasteiger partial charge in [-0.3, -0.25) is 14.7 Å². The van der Waals surface area contributed by atoms with E-state index in [1.54, 1.807) is 28.8 Å². The monoisotopic (exact) mass is 360 g/mol. The Balaban J connectivity index is 1.80. The number of amidine groups is 1. The maximum Gasteiger partial charge on any atom is 0.271 e. The number of thioether (sulfide) groups is 1. The minimum absolute atomic E-state index is 0.0550. The van der Waals surface area contributed by atoms with E-state index in [4.69, 9.17) is 16.3 Å². The molecular formula is C18H17ClN2O2S. The average Bonchev–Trinajstić information content (AvgIpc) is 3.02. The number of hydrogen-bond acceptors (Lipinski definition) is 4. The number of halogens is 1. The first-order valence-electron chi connectivity index (χ1n) is 7.60. The van der Waals surface area contributed by atoms with Crippen molar-refractivity contribution in [2.24, 2.45) is 4.99 Å². The number of nitrogens with zero attached hydrogens (tertiary/aromatic N) is 2. The van der Waals surface area contributed by atoms with Gasteiger partial charge >= 0.3 is 0 Å². The fraction of sp³-hybridized carbons (Fsp3) is 0.222. The van der Waals surface area contributed by atoms with Crippen LogP contribution in [0.1, 0.15) is 6.92 Å². The van der Waals surface area contributed by atoms with Gasteiger partial charge in [-0.1, -0.05) is 41.6 Å². The number of ether oxygens (including phenoxy) is 1. The van der Waals surface area contributed by atoms with Gasteiger partial charge in [0, 0.05) is 10.8 Å². The van der Waals surface area contributed by atoms with E-state index in [-0.39, 0.29) is 18.6 Å². The highest BCUT2D eigenvalue weighted by molar-refractivity contribution is 8.14. The molecule has 1 heterocycles. The van der Waals surface area contributed by atoms with Gasteiger partial charge in [0.25, 0.3) is 5.91 Å². The summed E-state index contributed by atoms with van der Waals surface area (Å²) < 4.78 is 5.60. The summed E-state index contributed by atoms with van der Waals surface area (Å²) in [5.41, 5.74) is 0.737. The highest BCUT2D eigenvalue weighted by atomic mass is 35.5. The first kappa shape index (κ1) is 16.9. The van der Waals surface area contributed by atoms with E-state index in [1.165, 1.54) is 0 Å². The Hall–Kier alpha value is -1.98. The predicted molar refractivity (Wildman–Crippen MR) is 100 cm³/mol. The number of carbonyl (C=O) groups excluding carboxylic acids is 1. The zero-order valence-corrected chi connectivity index (χ0v) is 14.8. The van der Waals surface area contributed by atoms with Crippen LogP contribution in [-0.2, 0) is 4.79 Å². The van der Waals surface area contributed by atoms with Crippen LogP contribution in [0.5, 0.6) is 5.75 Å². The molecule has 0 spiro atoms. The summed E-state index contributed by atoms with van der Waals surface area (Å²) in [4.78, 5) is 18.9. The Labute approximate surface area is 150 Å². The first-order chi connectivity index (χ1) is 11.6. The van der Waals surface area contributed by atoms with Gasteiger partial charge in [-0.15, -0.1) is 0 Å². The lowest BCUT2D eigenvalue weighted by atomic mass is 10.3. The molecule has 0 aromatic heterocycles. The number of anilines is 1. The Morgan fingerprint density at radius 3 is 2.58 bits per heavy atom. The largest absolute Gasteiger partial charge is 0.484 e. The molecule has 0 saturated heterocycles. The van der Waals surface area contributed by atoms with Crippen LogP contribution in [0.4, 0.5) is 5.69 Å². The van der Waals surface area contributed by atoms with E-state index in [1.807, 2.05) is 49.4 Å². The summed E-state index contributed by atoms with van der Waals surface area (Å²) >= 11 is 7.53. The second-order valence-corrected chi connectivity index (χ2v) is 6.80. The van der Waals surface area contributed by atoms with E-state index < -0.39 is 0 Å². The number of aliphatic imine (C=N–C) groups is 1. The fourth-order valence-corrected chi connectivity index (χ4v) is 3.44. The molecule has 1 atom stereocenters. The topological polar surface area (TPSA) is 41.9 Å². The highest BCUT2D eigenvalue weighted by Gasteiger charge is 2.27. The number of rotatable bonds is 4. The van der Waals surface area contributed by atoms with Crippen molar-refractivity contribution in [2.45, 2.75) is 13.0 Å². The van der Waals surface area contributed by atoms with Crippen molar-refractivity contribution < 1.29 is 9.53 Å². The third-order valence-corrected chi connectivity index (χ3v) is 4.86. The minimum Gasteiger partial charge on any atom is -0.484 e. The van der Waals surface area contributed by atoms with Crippen LogP contribution >= 0.6 is 23.4 Å². The SMILES string of the molecule is C[C@@H]1CSC(N(C(=O)COc2ccccc2)c2ccc(Cl)cc2)=N1. The molecule has 0 bridgehead atoms. The van der Waals surface area contributed by atoms with Crippen LogP contribution in [0.3, 0.4) is 0 Å². The normalized spacial score (nSPS) is 16.6. The molecule has 2 aromatic carbocycles. The van der Waals surface area contributed by atoms with Crippen molar-refractivity contribution in [2.75, 3.05) is 17.3 Å². The van der Waals surface area contributed by atoms with Crippen molar-refractivity contribution in [1.82, 2.24) is 0 Å². The molecule has 1 amide bonds. The molecule has 4 nitrogen and oxygen atoms in total. The number of amides is 1. The van der Waals surface area contributed by atoms with Gasteiger partial charge in [0.1, 0.15) is 5.75 Å². The summed E-state index contributed by atoms with van der Waals surface area (Å²) in [6.07, 6.45) is 0. The van der Waals surface area contributed by atoms with E-state index >= 15 is 0 Å². The molecule has 0 N–H and O–H groups in total. The molecule has 0 radical (unpaired) electrons. The molecule has 3 rings (SSSR count). The van der Waals surface area contributed by atoms with Gasteiger partial charge in [0.05, 0.1) is 11.7 Å². The maximum atomic E-state index is 12.8. The van der Waals surface area contributed by atoms with Gasteiger partial charge in [-0.05, 0) is 43.3 Å². The van der Waals surface area contributed by atoms with Gasteiger partial charge in [-0.25, -0.2) is 0 Å².